The molecule has 0 aliphatic heterocycles. The molecule has 0 aliphatic carbocycles. The van der Waals surface area contributed by atoms with Crippen LogP contribution in [0.5, 0.6) is 0 Å². The molecule has 0 radical (unpaired) electrons. The van der Waals surface area contributed by atoms with Gasteiger partial charge in [-0.25, -0.2) is 9.97 Å². The van der Waals surface area contributed by atoms with Gasteiger partial charge in [0.2, 0.25) is 5.71 Å². The van der Waals surface area contributed by atoms with Crippen LogP contribution in [0.1, 0.15) is 0 Å². The van der Waals surface area contributed by atoms with Gasteiger partial charge in [-0.1, -0.05) is 109 Å². The molecule has 0 bridgehead atoms. The Morgan fingerprint density at radius 1 is 0.414 bits per heavy atom. The van der Waals surface area contributed by atoms with Crippen LogP contribution in [0.3, 0.4) is 0 Å². The Labute approximate surface area is 334 Å². The molecular formula is C52H33N5O. The third-order valence-electron chi connectivity index (χ3n) is 10.8. The van der Waals surface area contributed by atoms with Crippen molar-refractivity contribution < 1.29 is 4.42 Å². The fourth-order valence-electron chi connectivity index (χ4n) is 7.95. The van der Waals surface area contributed by atoms with Crippen LogP contribution in [0.2, 0.25) is 0 Å². The Kier molecular flexibility index (Phi) is 8.04. The van der Waals surface area contributed by atoms with Crippen molar-refractivity contribution in [1.82, 2.24) is 19.9 Å². The number of anilines is 3. The lowest BCUT2D eigenvalue weighted by atomic mass is 10.0. The Morgan fingerprint density at radius 3 is 1.79 bits per heavy atom. The molecule has 0 saturated carbocycles. The number of para-hydroxylation sites is 1. The second-order valence-electron chi connectivity index (χ2n) is 14.3. The lowest BCUT2D eigenvalue weighted by Crippen LogP contribution is -2.09. The first-order valence-electron chi connectivity index (χ1n) is 19.3. The van der Waals surface area contributed by atoms with Crippen molar-refractivity contribution >= 4 is 60.9 Å². The van der Waals surface area contributed by atoms with Gasteiger partial charge in [-0.05, 0) is 89.3 Å². The third kappa shape index (κ3) is 5.92. The number of hydrogen-bond donors (Lipinski definition) is 0. The topological polar surface area (TPSA) is 67.9 Å². The fraction of sp³-hybridized carbons (Fsp3) is 0. The summed E-state index contributed by atoms with van der Waals surface area (Å²) in [6.45, 7) is 0. The largest absolute Gasteiger partial charge is 0.437 e. The normalized spacial score (nSPS) is 11.4. The number of nitrogens with zero attached hydrogens (tertiary/aromatic N) is 5. The van der Waals surface area contributed by atoms with Gasteiger partial charge >= 0.3 is 0 Å². The first-order valence-corrected chi connectivity index (χ1v) is 19.3. The van der Waals surface area contributed by atoms with Crippen LogP contribution < -0.4 is 4.90 Å². The average Bonchev–Trinajstić information content (AvgIpc) is 3.69. The second kappa shape index (κ2) is 14.0. The molecule has 0 aliphatic rings. The zero-order chi connectivity index (χ0) is 38.4. The molecule has 0 N–H and O–H groups in total. The summed E-state index contributed by atoms with van der Waals surface area (Å²) >= 11 is 0. The van der Waals surface area contributed by atoms with Crippen molar-refractivity contribution in [3.63, 3.8) is 0 Å². The molecule has 5 aromatic heterocycles. The molecule has 11 aromatic rings. The average molecular weight is 744 g/mol. The maximum Gasteiger partial charge on any atom is 0.227 e. The van der Waals surface area contributed by atoms with E-state index < -0.39 is 0 Å². The van der Waals surface area contributed by atoms with Gasteiger partial charge in [0, 0.05) is 74.1 Å². The van der Waals surface area contributed by atoms with Crippen LogP contribution >= 0.6 is 0 Å². The number of benzene rings is 6. The Morgan fingerprint density at radius 2 is 1.03 bits per heavy atom. The van der Waals surface area contributed by atoms with Crippen molar-refractivity contribution in [3.05, 3.63) is 201 Å². The lowest BCUT2D eigenvalue weighted by Gasteiger charge is -2.26. The van der Waals surface area contributed by atoms with Gasteiger partial charge in [0.15, 0.2) is 0 Å². The number of furan rings is 1. The van der Waals surface area contributed by atoms with Crippen LogP contribution in [-0.2, 0) is 0 Å². The smallest absolute Gasteiger partial charge is 0.227 e. The molecule has 0 unspecified atom stereocenters. The molecule has 272 valence electrons. The Hall–Kier alpha value is -7.96. The van der Waals surface area contributed by atoms with Crippen molar-refractivity contribution in [2.75, 3.05) is 4.90 Å². The van der Waals surface area contributed by atoms with Gasteiger partial charge in [-0.2, -0.15) is 0 Å². The highest BCUT2D eigenvalue weighted by molar-refractivity contribution is 6.08. The SMILES string of the molecule is c1ccc(-c2cc(-c3ccc(N(c4ccc(-c5cc6ccccc6cn5)cc4)c4ccc(-c5cccc6c5oc5ncccc56)cc4)cc3)nc3cccnc23)cc1. The number of hydrogen-bond acceptors (Lipinski definition) is 6. The van der Waals surface area contributed by atoms with E-state index in [1.54, 1.807) is 6.20 Å². The zero-order valence-electron chi connectivity index (χ0n) is 31.2. The van der Waals surface area contributed by atoms with E-state index in [9.17, 15) is 0 Å². The van der Waals surface area contributed by atoms with Crippen molar-refractivity contribution in [3.8, 4) is 44.8 Å². The summed E-state index contributed by atoms with van der Waals surface area (Å²) in [6.07, 6.45) is 5.54. The van der Waals surface area contributed by atoms with E-state index in [-0.39, 0.29) is 0 Å². The summed E-state index contributed by atoms with van der Waals surface area (Å²) in [5.41, 5.74) is 14.5. The summed E-state index contributed by atoms with van der Waals surface area (Å²) in [5, 5.41) is 4.36. The summed E-state index contributed by atoms with van der Waals surface area (Å²) < 4.78 is 6.29. The highest BCUT2D eigenvalue weighted by atomic mass is 16.3. The number of pyridine rings is 4. The fourth-order valence-corrected chi connectivity index (χ4v) is 7.95. The molecular weight excluding hydrogens is 711 g/mol. The summed E-state index contributed by atoms with van der Waals surface area (Å²) in [4.78, 5) is 21.3. The van der Waals surface area contributed by atoms with E-state index >= 15 is 0 Å². The van der Waals surface area contributed by atoms with Crippen molar-refractivity contribution in [2.45, 2.75) is 0 Å². The predicted octanol–water partition coefficient (Wildman–Crippen LogP) is 13.6. The van der Waals surface area contributed by atoms with E-state index in [1.807, 2.05) is 42.7 Å². The van der Waals surface area contributed by atoms with Crippen LogP contribution in [-0.4, -0.2) is 19.9 Å². The summed E-state index contributed by atoms with van der Waals surface area (Å²) in [5.74, 6) is 0. The molecule has 5 heterocycles. The van der Waals surface area contributed by atoms with E-state index in [2.05, 4.69) is 162 Å². The van der Waals surface area contributed by atoms with E-state index in [0.717, 1.165) is 94.6 Å². The van der Waals surface area contributed by atoms with Gasteiger partial charge in [-0.3, -0.25) is 9.97 Å². The van der Waals surface area contributed by atoms with Gasteiger partial charge in [0.05, 0.1) is 22.4 Å². The first-order chi connectivity index (χ1) is 28.7. The molecule has 6 heteroatoms. The molecule has 0 amide bonds. The van der Waals surface area contributed by atoms with E-state index in [0.29, 0.717) is 5.71 Å². The molecule has 6 aromatic carbocycles. The quantitative estimate of drug-likeness (QED) is 0.162. The highest BCUT2D eigenvalue weighted by Gasteiger charge is 2.17. The highest BCUT2D eigenvalue weighted by Crippen LogP contribution is 2.40. The van der Waals surface area contributed by atoms with Crippen molar-refractivity contribution in [2.24, 2.45) is 0 Å². The molecule has 58 heavy (non-hydrogen) atoms. The maximum absolute atomic E-state index is 6.29. The Bertz CT molecular complexity index is 3270. The second-order valence-corrected chi connectivity index (χ2v) is 14.3. The number of rotatable bonds is 7. The van der Waals surface area contributed by atoms with E-state index in [4.69, 9.17) is 19.4 Å². The zero-order valence-corrected chi connectivity index (χ0v) is 31.2. The third-order valence-corrected chi connectivity index (χ3v) is 10.8. The Balaban J connectivity index is 0.991. The maximum atomic E-state index is 6.29. The molecule has 0 fully saturated rings. The van der Waals surface area contributed by atoms with Gasteiger partial charge in [-0.15, -0.1) is 0 Å². The minimum atomic E-state index is 0.644. The summed E-state index contributed by atoms with van der Waals surface area (Å²) in [6, 6.07) is 63.2. The van der Waals surface area contributed by atoms with Crippen LogP contribution in [0, 0.1) is 0 Å². The van der Waals surface area contributed by atoms with Gasteiger partial charge in [0.1, 0.15) is 5.58 Å². The molecule has 0 atom stereocenters. The minimum absolute atomic E-state index is 0.644. The molecule has 0 spiro atoms. The molecule has 6 nitrogen and oxygen atoms in total. The van der Waals surface area contributed by atoms with Crippen molar-refractivity contribution in [1.29, 1.82) is 0 Å². The monoisotopic (exact) mass is 743 g/mol. The predicted molar refractivity (Wildman–Crippen MR) is 236 cm³/mol. The molecule has 11 rings (SSSR count). The first kappa shape index (κ1) is 33.4. The summed E-state index contributed by atoms with van der Waals surface area (Å²) in [7, 11) is 0. The van der Waals surface area contributed by atoms with Gasteiger partial charge in [0.25, 0.3) is 0 Å². The van der Waals surface area contributed by atoms with Gasteiger partial charge < -0.3 is 9.32 Å². The van der Waals surface area contributed by atoms with Crippen LogP contribution in [0.4, 0.5) is 17.1 Å². The lowest BCUT2D eigenvalue weighted by molar-refractivity contribution is 0.655. The number of aromatic nitrogens is 4. The van der Waals surface area contributed by atoms with Crippen LogP contribution in [0.15, 0.2) is 205 Å². The van der Waals surface area contributed by atoms with Crippen LogP contribution in [0.25, 0.3) is 88.6 Å². The minimum Gasteiger partial charge on any atom is -0.437 e. The standard InChI is InChI=1S/C52H33N5O/c1-2-9-34(10-3-1)46-32-49(56-47-16-8-29-53-50(46)47)37-21-27-42(28-22-37)57(41-25-19-36(20-26-41)48-31-38-11-4-5-12-39(38)33-55-48)40-23-17-35(18-24-40)43-13-6-14-44-45-15-7-30-54-52(45)58-51(43)44/h1-33H. The number of fused-ring (bicyclic) bond motifs is 5. The van der Waals surface area contributed by atoms with E-state index in [1.165, 1.54) is 5.39 Å². The molecule has 0 saturated heterocycles.